The maximum absolute atomic E-state index is 12.4. The fraction of sp³-hybridized carbons (Fsp3) is 0.316. The molecule has 1 aromatic carbocycles. The first-order chi connectivity index (χ1) is 13.2. The topological polar surface area (TPSA) is 66.2 Å². The highest BCUT2D eigenvalue weighted by molar-refractivity contribution is 7.99. The molecule has 0 radical (unpaired) electrons. The first-order valence-corrected chi connectivity index (χ1v) is 10.6. The molecule has 0 atom stereocenters. The molecule has 140 valence electrons. The molecular formula is C19H19N3O3S2. The summed E-state index contributed by atoms with van der Waals surface area (Å²) < 4.78 is 13.1. The van der Waals surface area contributed by atoms with Gasteiger partial charge in [0.2, 0.25) is 0 Å². The van der Waals surface area contributed by atoms with Crippen LogP contribution in [0.3, 0.4) is 0 Å². The third-order valence-corrected chi connectivity index (χ3v) is 6.04. The van der Waals surface area contributed by atoms with Crippen LogP contribution in [0.2, 0.25) is 0 Å². The molecule has 0 aliphatic carbocycles. The quantitative estimate of drug-likeness (QED) is 0.563. The van der Waals surface area contributed by atoms with Crippen LogP contribution in [0.15, 0.2) is 40.9 Å². The molecule has 0 unspecified atom stereocenters. The van der Waals surface area contributed by atoms with Gasteiger partial charge in [0.25, 0.3) is 0 Å². The van der Waals surface area contributed by atoms with Crippen LogP contribution < -0.4 is 9.47 Å². The van der Waals surface area contributed by atoms with Gasteiger partial charge < -0.3 is 14.0 Å². The van der Waals surface area contributed by atoms with Gasteiger partial charge in [-0.15, -0.1) is 21.5 Å². The summed E-state index contributed by atoms with van der Waals surface area (Å²) in [5.41, 5.74) is 0.932. The number of carbonyl (C=O) groups is 1. The second kappa shape index (κ2) is 8.14. The minimum atomic E-state index is 0.139. The average molecular weight is 402 g/mol. The van der Waals surface area contributed by atoms with Crippen molar-refractivity contribution in [1.82, 2.24) is 14.8 Å². The van der Waals surface area contributed by atoms with E-state index < -0.39 is 0 Å². The number of aromatic nitrogens is 3. The van der Waals surface area contributed by atoms with Gasteiger partial charge in [-0.05, 0) is 36.1 Å². The molecule has 3 heterocycles. The lowest BCUT2D eigenvalue weighted by atomic mass is 10.1. The Bertz CT molecular complexity index is 938. The van der Waals surface area contributed by atoms with Gasteiger partial charge in [-0.25, -0.2) is 0 Å². The van der Waals surface area contributed by atoms with Gasteiger partial charge in [0, 0.05) is 13.0 Å². The molecule has 0 fully saturated rings. The van der Waals surface area contributed by atoms with Crippen LogP contribution >= 0.6 is 23.1 Å². The van der Waals surface area contributed by atoms with Crippen molar-refractivity contribution in [2.45, 2.75) is 25.0 Å². The number of nitrogens with zero attached hydrogens (tertiary/aromatic N) is 3. The molecule has 2 aromatic heterocycles. The number of thiophene rings is 1. The zero-order valence-corrected chi connectivity index (χ0v) is 16.5. The van der Waals surface area contributed by atoms with Crippen molar-refractivity contribution < 1.29 is 14.3 Å². The van der Waals surface area contributed by atoms with Crippen molar-refractivity contribution in [3.05, 3.63) is 41.3 Å². The minimum absolute atomic E-state index is 0.139. The Kier molecular flexibility index (Phi) is 5.45. The maximum Gasteiger partial charge on any atom is 0.191 e. The van der Waals surface area contributed by atoms with E-state index in [4.69, 9.17) is 9.47 Å². The second-order valence-electron chi connectivity index (χ2n) is 6.01. The summed E-state index contributed by atoms with van der Waals surface area (Å²) in [5, 5.41) is 11.4. The summed E-state index contributed by atoms with van der Waals surface area (Å²) in [7, 11) is 0. The van der Waals surface area contributed by atoms with Gasteiger partial charge in [0.15, 0.2) is 22.5 Å². The van der Waals surface area contributed by atoms with E-state index in [1.165, 1.54) is 11.8 Å². The summed E-state index contributed by atoms with van der Waals surface area (Å²) in [6.45, 7) is 3.92. The highest BCUT2D eigenvalue weighted by atomic mass is 32.2. The number of fused-ring (bicyclic) bond motifs is 1. The summed E-state index contributed by atoms with van der Waals surface area (Å²) in [6.07, 6.45) is 0.363. The Morgan fingerprint density at radius 1 is 1.22 bits per heavy atom. The predicted octanol–water partition coefficient (Wildman–Crippen LogP) is 3.70. The summed E-state index contributed by atoms with van der Waals surface area (Å²) in [5.74, 6) is 2.81. The molecular weight excluding hydrogens is 382 g/mol. The third-order valence-electron chi connectivity index (χ3n) is 4.14. The van der Waals surface area contributed by atoms with Crippen molar-refractivity contribution in [3.8, 4) is 22.2 Å². The van der Waals surface area contributed by atoms with Crippen LogP contribution in [0.25, 0.3) is 10.7 Å². The minimum Gasteiger partial charge on any atom is -0.486 e. The molecule has 0 saturated carbocycles. The number of benzene rings is 1. The van der Waals surface area contributed by atoms with Crippen LogP contribution in [-0.2, 0) is 17.8 Å². The van der Waals surface area contributed by atoms with Crippen molar-refractivity contribution in [2.75, 3.05) is 19.0 Å². The van der Waals surface area contributed by atoms with Gasteiger partial charge in [-0.2, -0.15) is 0 Å². The number of rotatable bonds is 7. The van der Waals surface area contributed by atoms with E-state index in [2.05, 4.69) is 17.1 Å². The first-order valence-electron chi connectivity index (χ1n) is 8.74. The summed E-state index contributed by atoms with van der Waals surface area (Å²) in [4.78, 5) is 13.5. The molecule has 0 saturated heterocycles. The lowest BCUT2D eigenvalue weighted by Crippen LogP contribution is -2.15. The van der Waals surface area contributed by atoms with E-state index in [0.29, 0.717) is 31.1 Å². The molecule has 0 N–H and O–H groups in total. The zero-order valence-electron chi connectivity index (χ0n) is 14.9. The predicted molar refractivity (Wildman–Crippen MR) is 106 cm³/mol. The molecule has 8 heteroatoms. The van der Waals surface area contributed by atoms with Gasteiger partial charge in [0.05, 0.1) is 10.6 Å². The Hall–Kier alpha value is -2.32. The van der Waals surface area contributed by atoms with Crippen LogP contribution in [0.5, 0.6) is 11.5 Å². The molecule has 0 bridgehead atoms. The highest BCUT2D eigenvalue weighted by Crippen LogP contribution is 2.31. The fourth-order valence-corrected chi connectivity index (χ4v) is 4.47. The molecule has 0 amide bonds. The second-order valence-corrected chi connectivity index (χ2v) is 7.90. The van der Waals surface area contributed by atoms with Crippen LogP contribution in [0, 0.1) is 0 Å². The monoisotopic (exact) mass is 401 g/mol. The SMILES string of the molecule is CCn1c(SCC(=O)Cc2ccc3c(c2)OCCO3)nnc1-c1cccs1. The number of thioether (sulfide) groups is 1. The highest BCUT2D eigenvalue weighted by Gasteiger charge is 2.16. The van der Waals surface area contributed by atoms with Crippen LogP contribution in [-0.4, -0.2) is 39.5 Å². The van der Waals surface area contributed by atoms with Crippen molar-refractivity contribution in [2.24, 2.45) is 0 Å². The van der Waals surface area contributed by atoms with Crippen LogP contribution in [0.1, 0.15) is 12.5 Å². The maximum atomic E-state index is 12.4. The summed E-state index contributed by atoms with van der Waals surface area (Å²) >= 11 is 3.07. The fourth-order valence-electron chi connectivity index (χ4n) is 2.89. The number of Topliss-reactive ketones (excluding diaryl/α,β-unsaturated/α-hetero) is 1. The molecule has 1 aliphatic heterocycles. The van der Waals surface area contributed by atoms with E-state index in [0.717, 1.165) is 33.7 Å². The van der Waals surface area contributed by atoms with Gasteiger partial charge in [-0.1, -0.05) is 23.9 Å². The van der Waals surface area contributed by atoms with Crippen molar-refractivity contribution in [1.29, 1.82) is 0 Å². The van der Waals surface area contributed by atoms with E-state index in [1.54, 1.807) is 11.3 Å². The lowest BCUT2D eigenvalue weighted by Gasteiger charge is -2.18. The number of carbonyl (C=O) groups excluding carboxylic acids is 1. The van der Waals surface area contributed by atoms with E-state index in [1.807, 2.05) is 40.3 Å². The van der Waals surface area contributed by atoms with Crippen LogP contribution in [0.4, 0.5) is 0 Å². The van der Waals surface area contributed by atoms with Gasteiger partial charge in [-0.3, -0.25) is 4.79 Å². The van der Waals surface area contributed by atoms with Crippen molar-refractivity contribution >= 4 is 28.9 Å². The average Bonchev–Trinajstić information content (AvgIpc) is 3.35. The van der Waals surface area contributed by atoms with Gasteiger partial charge >= 0.3 is 0 Å². The molecule has 4 rings (SSSR count). The third kappa shape index (κ3) is 4.01. The number of hydrogen-bond donors (Lipinski definition) is 0. The smallest absolute Gasteiger partial charge is 0.191 e. The first kappa shape index (κ1) is 18.1. The Labute approximate surface area is 165 Å². The zero-order chi connectivity index (χ0) is 18.6. The Balaban J connectivity index is 1.40. The number of hydrogen-bond acceptors (Lipinski definition) is 7. The molecule has 0 spiro atoms. The number of ketones is 1. The van der Waals surface area contributed by atoms with Crippen molar-refractivity contribution in [3.63, 3.8) is 0 Å². The Morgan fingerprint density at radius 3 is 2.85 bits per heavy atom. The lowest BCUT2D eigenvalue weighted by molar-refractivity contribution is -0.116. The van der Waals surface area contributed by atoms with E-state index in [-0.39, 0.29) is 5.78 Å². The Morgan fingerprint density at radius 2 is 2.07 bits per heavy atom. The number of ether oxygens (including phenoxy) is 2. The molecule has 27 heavy (non-hydrogen) atoms. The van der Waals surface area contributed by atoms with E-state index >= 15 is 0 Å². The summed E-state index contributed by atoms with van der Waals surface area (Å²) in [6, 6.07) is 9.70. The normalized spacial score (nSPS) is 12.9. The van der Waals surface area contributed by atoms with E-state index in [9.17, 15) is 4.79 Å². The standard InChI is InChI=1S/C19H19N3O3S2/c1-2-22-18(17-4-3-9-26-17)20-21-19(22)27-12-14(23)10-13-5-6-15-16(11-13)25-8-7-24-15/h3-6,9,11H,2,7-8,10,12H2,1H3. The molecule has 3 aromatic rings. The molecule has 1 aliphatic rings. The largest absolute Gasteiger partial charge is 0.486 e. The van der Waals surface area contributed by atoms with Gasteiger partial charge in [0.1, 0.15) is 19.0 Å². The molecule has 6 nitrogen and oxygen atoms in total.